The quantitative estimate of drug-likeness (QED) is 0.830. The number of likely N-dealkylation sites (N-methyl/N-ethyl adjacent to an activating group) is 1. The van der Waals surface area contributed by atoms with Crippen LogP contribution in [0.25, 0.3) is 0 Å². The summed E-state index contributed by atoms with van der Waals surface area (Å²) in [5.74, 6) is 0. The van der Waals surface area contributed by atoms with Crippen LogP contribution in [-0.4, -0.2) is 80.0 Å². The minimum atomic E-state index is -0.431. The lowest BCUT2D eigenvalue weighted by Crippen LogP contribution is -2.48. The number of carbonyl (C=O) groups is 1. The topological polar surface area (TPSA) is 54.0 Å². The maximum Gasteiger partial charge on any atom is 0.407 e. The molecule has 1 N–H and O–H groups in total. The first kappa shape index (κ1) is 19.5. The van der Waals surface area contributed by atoms with Crippen LogP contribution in [0.5, 0.6) is 0 Å². The molecule has 0 spiro atoms. The molecule has 1 amide bonds. The van der Waals surface area contributed by atoms with Gasteiger partial charge in [0.05, 0.1) is 0 Å². The van der Waals surface area contributed by atoms with E-state index in [1.165, 1.54) is 0 Å². The number of nitrogens with zero attached hydrogens (tertiary/aromatic N) is 2. The molecule has 2 aliphatic heterocycles. The smallest absolute Gasteiger partial charge is 0.407 e. The molecule has 0 aromatic carbocycles. The van der Waals surface area contributed by atoms with Crippen molar-refractivity contribution in [3.63, 3.8) is 0 Å². The van der Waals surface area contributed by atoms with Crippen molar-refractivity contribution < 1.29 is 14.3 Å². The summed E-state index contributed by atoms with van der Waals surface area (Å²) in [7, 11) is 2.23. The zero-order chi connectivity index (χ0) is 17.6. The van der Waals surface area contributed by atoms with Crippen molar-refractivity contribution in [2.45, 2.75) is 64.1 Å². The lowest BCUT2D eigenvalue weighted by Gasteiger charge is -2.36. The van der Waals surface area contributed by atoms with Gasteiger partial charge in [0.15, 0.2) is 0 Å². The van der Waals surface area contributed by atoms with E-state index in [9.17, 15) is 4.79 Å². The molecule has 2 heterocycles. The largest absolute Gasteiger partial charge is 0.444 e. The monoisotopic (exact) mass is 341 g/mol. The third kappa shape index (κ3) is 6.95. The molecular weight excluding hydrogens is 306 g/mol. The predicted octanol–water partition coefficient (Wildman–Crippen LogP) is 2.09. The average Bonchev–Trinajstić information content (AvgIpc) is 2.53. The Hall–Kier alpha value is -0.850. The first-order chi connectivity index (χ1) is 11.3. The highest BCUT2D eigenvalue weighted by Crippen LogP contribution is 2.15. The van der Waals surface area contributed by atoms with E-state index in [1.807, 2.05) is 20.8 Å². The molecule has 6 nitrogen and oxygen atoms in total. The maximum atomic E-state index is 11.8. The van der Waals surface area contributed by atoms with Crippen molar-refractivity contribution in [3.05, 3.63) is 0 Å². The zero-order valence-corrected chi connectivity index (χ0v) is 15.8. The third-order valence-electron chi connectivity index (χ3n) is 4.89. The van der Waals surface area contributed by atoms with E-state index in [4.69, 9.17) is 9.47 Å². The molecule has 24 heavy (non-hydrogen) atoms. The number of likely N-dealkylation sites (tertiary alicyclic amines) is 1. The van der Waals surface area contributed by atoms with E-state index in [-0.39, 0.29) is 12.1 Å². The Morgan fingerprint density at radius 1 is 1.21 bits per heavy atom. The van der Waals surface area contributed by atoms with Gasteiger partial charge < -0.3 is 24.6 Å². The molecule has 2 saturated heterocycles. The predicted molar refractivity (Wildman–Crippen MR) is 95.3 cm³/mol. The second-order valence-electron chi connectivity index (χ2n) is 8.09. The highest BCUT2D eigenvalue weighted by Gasteiger charge is 2.24. The van der Waals surface area contributed by atoms with Crippen molar-refractivity contribution >= 4 is 6.09 Å². The molecule has 0 atom stereocenters. The number of hydrogen-bond donors (Lipinski definition) is 1. The summed E-state index contributed by atoms with van der Waals surface area (Å²) < 4.78 is 10.8. The van der Waals surface area contributed by atoms with Gasteiger partial charge >= 0.3 is 6.09 Å². The van der Waals surface area contributed by atoms with Gasteiger partial charge in [0.2, 0.25) is 0 Å². The standard InChI is InChI=1S/C18H35N3O3/c1-18(2,3)24-17(22)19-15-5-9-21(10-6-15)12-11-20(4)16-7-13-23-14-8-16/h15-16H,5-14H2,1-4H3,(H,19,22). The van der Waals surface area contributed by atoms with Crippen molar-refractivity contribution in [3.8, 4) is 0 Å². The summed E-state index contributed by atoms with van der Waals surface area (Å²) in [5, 5.41) is 3.00. The van der Waals surface area contributed by atoms with Gasteiger partial charge in [-0.05, 0) is 53.5 Å². The van der Waals surface area contributed by atoms with Gasteiger partial charge in [-0.25, -0.2) is 4.79 Å². The molecule has 0 aromatic heterocycles. The van der Waals surface area contributed by atoms with Crippen LogP contribution in [0.4, 0.5) is 4.79 Å². The van der Waals surface area contributed by atoms with Gasteiger partial charge in [0.1, 0.15) is 5.60 Å². The lowest BCUT2D eigenvalue weighted by molar-refractivity contribution is 0.0375. The van der Waals surface area contributed by atoms with Crippen LogP contribution in [0.2, 0.25) is 0 Å². The van der Waals surface area contributed by atoms with Crippen molar-refractivity contribution in [1.29, 1.82) is 0 Å². The summed E-state index contributed by atoms with van der Waals surface area (Å²) in [6.45, 7) is 11.8. The molecule has 0 aliphatic carbocycles. The van der Waals surface area contributed by atoms with Gasteiger partial charge in [-0.2, -0.15) is 0 Å². The van der Waals surface area contributed by atoms with Crippen LogP contribution in [0.3, 0.4) is 0 Å². The summed E-state index contributed by atoms with van der Waals surface area (Å²) in [4.78, 5) is 16.8. The summed E-state index contributed by atoms with van der Waals surface area (Å²) in [6.07, 6.45) is 4.01. The van der Waals surface area contributed by atoms with E-state index in [1.54, 1.807) is 0 Å². The van der Waals surface area contributed by atoms with Crippen LogP contribution in [-0.2, 0) is 9.47 Å². The van der Waals surface area contributed by atoms with E-state index in [0.29, 0.717) is 6.04 Å². The van der Waals surface area contributed by atoms with Crippen LogP contribution < -0.4 is 5.32 Å². The van der Waals surface area contributed by atoms with Crippen LogP contribution in [0.1, 0.15) is 46.5 Å². The second kappa shape index (κ2) is 9.02. The van der Waals surface area contributed by atoms with E-state index in [2.05, 4.69) is 22.2 Å². The third-order valence-corrected chi connectivity index (χ3v) is 4.89. The van der Waals surface area contributed by atoms with E-state index in [0.717, 1.165) is 65.1 Å². The molecule has 0 bridgehead atoms. The summed E-state index contributed by atoms with van der Waals surface area (Å²) >= 11 is 0. The molecule has 2 aliphatic rings. The second-order valence-corrected chi connectivity index (χ2v) is 8.09. The molecule has 2 rings (SSSR count). The Morgan fingerprint density at radius 3 is 2.42 bits per heavy atom. The number of ether oxygens (including phenoxy) is 2. The average molecular weight is 341 g/mol. The zero-order valence-electron chi connectivity index (χ0n) is 15.8. The fourth-order valence-corrected chi connectivity index (χ4v) is 3.38. The molecule has 0 unspecified atom stereocenters. The Bertz CT molecular complexity index is 383. The first-order valence-corrected chi connectivity index (χ1v) is 9.33. The molecule has 0 radical (unpaired) electrons. The molecule has 0 aromatic rings. The van der Waals surface area contributed by atoms with Gasteiger partial charge in [-0.3, -0.25) is 0 Å². The van der Waals surface area contributed by atoms with Crippen LogP contribution in [0, 0.1) is 0 Å². The fourth-order valence-electron chi connectivity index (χ4n) is 3.38. The Labute approximate surface area is 146 Å². The molecule has 140 valence electrons. The molecule has 6 heteroatoms. The molecular formula is C18H35N3O3. The van der Waals surface area contributed by atoms with Crippen molar-refractivity contribution in [2.75, 3.05) is 46.4 Å². The Kier molecular flexibility index (Phi) is 7.32. The SMILES string of the molecule is CN(CCN1CCC(NC(=O)OC(C)(C)C)CC1)C1CCOCC1. The van der Waals surface area contributed by atoms with Gasteiger partial charge in [0.25, 0.3) is 0 Å². The normalized spacial score (nSPS) is 21.9. The molecule has 0 saturated carbocycles. The molecule has 2 fully saturated rings. The maximum absolute atomic E-state index is 11.8. The van der Waals surface area contributed by atoms with Gasteiger partial charge in [-0.15, -0.1) is 0 Å². The van der Waals surface area contributed by atoms with E-state index < -0.39 is 5.60 Å². The summed E-state index contributed by atoms with van der Waals surface area (Å²) in [5.41, 5.74) is -0.431. The number of nitrogens with one attached hydrogen (secondary N) is 1. The van der Waals surface area contributed by atoms with E-state index >= 15 is 0 Å². The fraction of sp³-hybridized carbons (Fsp3) is 0.944. The first-order valence-electron chi connectivity index (χ1n) is 9.33. The van der Waals surface area contributed by atoms with Gasteiger partial charge in [-0.1, -0.05) is 0 Å². The van der Waals surface area contributed by atoms with Crippen LogP contribution in [0.15, 0.2) is 0 Å². The highest BCUT2D eigenvalue weighted by molar-refractivity contribution is 5.68. The van der Waals surface area contributed by atoms with Gasteiger partial charge in [0, 0.05) is 51.5 Å². The number of amides is 1. The lowest BCUT2D eigenvalue weighted by atomic mass is 10.0. The number of piperidine rings is 1. The summed E-state index contributed by atoms with van der Waals surface area (Å²) in [6, 6.07) is 0.912. The number of rotatable bonds is 5. The number of carbonyl (C=O) groups excluding carboxylic acids is 1. The Balaban J connectivity index is 1.61. The van der Waals surface area contributed by atoms with Crippen molar-refractivity contribution in [2.24, 2.45) is 0 Å². The minimum Gasteiger partial charge on any atom is -0.444 e. The number of alkyl carbamates (subject to hydrolysis) is 1. The Morgan fingerprint density at radius 2 is 1.83 bits per heavy atom. The number of hydrogen-bond acceptors (Lipinski definition) is 5. The van der Waals surface area contributed by atoms with Crippen LogP contribution >= 0.6 is 0 Å². The van der Waals surface area contributed by atoms with Crippen molar-refractivity contribution in [1.82, 2.24) is 15.1 Å². The minimum absolute atomic E-state index is 0.240. The highest BCUT2D eigenvalue weighted by atomic mass is 16.6.